The quantitative estimate of drug-likeness (QED) is 0.169. The Bertz CT molecular complexity index is 1120. The van der Waals surface area contributed by atoms with Crippen LogP contribution in [0.15, 0.2) is 11.8 Å². The van der Waals surface area contributed by atoms with Crippen molar-refractivity contribution >= 4 is 22.1 Å². The monoisotopic (exact) mass is 610 g/mol. The summed E-state index contributed by atoms with van der Waals surface area (Å²) in [6.07, 6.45) is 6.09. The van der Waals surface area contributed by atoms with Crippen molar-refractivity contribution in [1.29, 1.82) is 0 Å². The summed E-state index contributed by atoms with van der Waals surface area (Å²) in [6, 6.07) is 0. The maximum Gasteiger partial charge on any atom is 0.465 e. The molecule has 0 spiro atoms. The Labute approximate surface area is 238 Å². The maximum atomic E-state index is 13.4. The number of aliphatic hydroxyl groups excluding tert-OH is 1. The lowest BCUT2D eigenvalue weighted by Crippen LogP contribution is -2.58. The predicted octanol–water partition coefficient (Wildman–Crippen LogP) is 3.31. The molecular weight excluding hydrogens is 570 g/mol. The topological polar surface area (TPSA) is 166 Å². The Kier molecular flexibility index (Phi) is 8.85. The Hall–Kier alpha value is -1.87. The fraction of sp³-hybridized carbons (Fsp3) is 0.852. The first-order valence-electron chi connectivity index (χ1n) is 14.0. The van der Waals surface area contributed by atoms with E-state index < -0.39 is 63.4 Å². The van der Waals surface area contributed by atoms with Crippen LogP contribution < -0.4 is 0 Å². The molecule has 5 aliphatic carbocycles. The van der Waals surface area contributed by atoms with Gasteiger partial charge in [0, 0.05) is 19.3 Å². The molecule has 0 heterocycles. The average Bonchev–Trinajstić information content (AvgIpc) is 2.81. The van der Waals surface area contributed by atoms with E-state index >= 15 is 0 Å². The van der Waals surface area contributed by atoms with Crippen LogP contribution in [-0.2, 0) is 38.7 Å². The Morgan fingerprint density at radius 3 is 2.22 bits per heavy atom. The highest BCUT2D eigenvalue weighted by Gasteiger charge is 2.57. The molecular formula is C27H40F2O11S. The van der Waals surface area contributed by atoms with Crippen molar-refractivity contribution in [2.24, 2.45) is 23.7 Å². The normalized spacial score (nSPS) is 37.4. The summed E-state index contributed by atoms with van der Waals surface area (Å²) in [4.78, 5) is 24.3. The number of carbonyl (C=O) groups is 2. The number of aliphatic hydroxyl groups is 2. The molecule has 4 bridgehead atoms. The van der Waals surface area contributed by atoms with Crippen LogP contribution >= 0.6 is 0 Å². The SMILES string of the molecule is CC(CC1(OCCOC(=O)C(F)(F)S(=O)(=O)O)CC(O)=CC(C)(O)C1)OCC(=O)OC1(C)C2CC3CC(C2)CC1C3. The second kappa shape index (κ2) is 11.3. The summed E-state index contributed by atoms with van der Waals surface area (Å²) in [5.41, 5.74) is -3.33. The number of halogens is 2. The van der Waals surface area contributed by atoms with Crippen molar-refractivity contribution < 1.29 is 60.5 Å². The molecule has 3 N–H and O–H groups in total. The summed E-state index contributed by atoms with van der Waals surface area (Å²) in [6.45, 7) is 3.50. The van der Waals surface area contributed by atoms with Crippen molar-refractivity contribution in [3.63, 3.8) is 0 Å². The van der Waals surface area contributed by atoms with Crippen LogP contribution in [0, 0.1) is 23.7 Å². The maximum absolute atomic E-state index is 13.4. The predicted molar refractivity (Wildman–Crippen MR) is 138 cm³/mol. The highest BCUT2D eigenvalue weighted by Crippen LogP contribution is 2.59. The summed E-state index contributed by atoms with van der Waals surface area (Å²) in [5, 5.41) is 15.8. The van der Waals surface area contributed by atoms with Gasteiger partial charge in [0.2, 0.25) is 0 Å². The molecule has 0 aromatic carbocycles. The van der Waals surface area contributed by atoms with Gasteiger partial charge in [-0.25, -0.2) is 9.59 Å². The second-order valence-corrected chi connectivity index (χ2v) is 14.3. The third-order valence-corrected chi connectivity index (χ3v) is 10.0. The van der Waals surface area contributed by atoms with E-state index in [9.17, 15) is 37.0 Å². The van der Waals surface area contributed by atoms with E-state index in [1.165, 1.54) is 19.4 Å². The Balaban J connectivity index is 1.32. The van der Waals surface area contributed by atoms with Gasteiger partial charge in [-0.05, 0) is 82.6 Å². The van der Waals surface area contributed by atoms with Gasteiger partial charge in [0.1, 0.15) is 18.8 Å². The van der Waals surface area contributed by atoms with E-state index in [2.05, 4.69) is 4.74 Å². The molecule has 234 valence electrons. The lowest BCUT2D eigenvalue weighted by atomic mass is 9.50. The minimum absolute atomic E-state index is 0.0509. The smallest absolute Gasteiger partial charge is 0.465 e. The van der Waals surface area contributed by atoms with Crippen LogP contribution in [0.1, 0.15) is 72.1 Å². The van der Waals surface area contributed by atoms with Crippen molar-refractivity contribution in [2.45, 2.75) is 100 Å². The van der Waals surface area contributed by atoms with E-state index in [1.807, 2.05) is 6.92 Å². The molecule has 0 aromatic heterocycles. The molecule has 0 saturated heterocycles. The van der Waals surface area contributed by atoms with Crippen LogP contribution in [0.25, 0.3) is 0 Å². The summed E-state index contributed by atoms with van der Waals surface area (Å²) < 4.78 is 78.7. The van der Waals surface area contributed by atoms with Crippen LogP contribution in [0.2, 0.25) is 0 Å². The van der Waals surface area contributed by atoms with Gasteiger partial charge in [-0.15, -0.1) is 0 Å². The van der Waals surface area contributed by atoms with Crippen molar-refractivity contribution in [3.05, 3.63) is 11.8 Å². The van der Waals surface area contributed by atoms with Gasteiger partial charge in [-0.3, -0.25) is 4.55 Å². The van der Waals surface area contributed by atoms with E-state index in [4.69, 9.17) is 18.8 Å². The standard InChI is InChI=1S/C27H40F2O11S/c1-16(38-14-22(31)40-25(3)19-7-17-6-18(9-19)10-20(25)8-17)11-26(13-21(30)12-24(2,33)15-26)39-5-4-37-23(32)27(28,29)41(34,35)36/h12,16-20,30,33H,4-11,13-15H2,1-3H3,(H,34,35,36). The number of esters is 2. The zero-order valence-corrected chi connectivity index (χ0v) is 24.3. The fourth-order valence-corrected chi connectivity index (χ4v) is 8.02. The summed E-state index contributed by atoms with van der Waals surface area (Å²) in [5.74, 6) is -1.01. The van der Waals surface area contributed by atoms with Gasteiger partial charge in [0.05, 0.1) is 29.7 Å². The third kappa shape index (κ3) is 7.03. The zero-order chi connectivity index (χ0) is 30.4. The molecule has 0 aliphatic heterocycles. The second-order valence-electron chi connectivity index (χ2n) is 12.8. The largest absolute Gasteiger partial charge is 0.512 e. The van der Waals surface area contributed by atoms with Gasteiger partial charge in [0.15, 0.2) is 0 Å². The molecule has 0 aromatic rings. The highest BCUT2D eigenvalue weighted by atomic mass is 32.2. The van der Waals surface area contributed by atoms with Crippen LogP contribution in [0.3, 0.4) is 0 Å². The first kappa shape index (κ1) is 32.1. The summed E-state index contributed by atoms with van der Waals surface area (Å²) >= 11 is 0. The molecule has 5 aliphatic rings. The molecule has 14 heteroatoms. The van der Waals surface area contributed by atoms with Gasteiger partial charge in [0.25, 0.3) is 0 Å². The van der Waals surface area contributed by atoms with E-state index in [-0.39, 0.29) is 31.6 Å². The fourth-order valence-electron chi connectivity index (χ4n) is 7.75. The van der Waals surface area contributed by atoms with Crippen LogP contribution in [0.5, 0.6) is 0 Å². The van der Waals surface area contributed by atoms with E-state index in [0.717, 1.165) is 37.5 Å². The first-order valence-corrected chi connectivity index (χ1v) is 15.4. The number of ether oxygens (including phenoxy) is 4. The summed E-state index contributed by atoms with van der Waals surface area (Å²) in [7, 11) is -6.02. The third-order valence-electron chi connectivity index (χ3n) is 9.19. The number of alkyl halides is 2. The minimum atomic E-state index is -6.02. The average molecular weight is 611 g/mol. The number of hydrogen-bond donors (Lipinski definition) is 3. The van der Waals surface area contributed by atoms with Gasteiger partial charge >= 0.3 is 27.3 Å². The molecule has 41 heavy (non-hydrogen) atoms. The van der Waals surface area contributed by atoms with Crippen LogP contribution in [0.4, 0.5) is 8.78 Å². The first-order chi connectivity index (χ1) is 18.8. The molecule has 5 rings (SSSR count). The van der Waals surface area contributed by atoms with Crippen molar-refractivity contribution in [3.8, 4) is 0 Å². The molecule has 11 nitrogen and oxygen atoms in total. The van der Waals surface area contributed by atoms with Gasteiger partial charge < -0.3 is 29.2 Å². The molecule has 0 radical (unpaired) electrons. The minimum Gasteiger partial charge on any atom is -0.512 e. The molecule has 3 unspecified atom stereocenters. The Morgan fingerprint density at radius 2 is 1.68 bits per heavy atom. The lowest BCUT2D eigenvalue weighted by molar-refractivity contribution is -0.208. The van der Waals surface area contributed by atoms with Gasteiger partial charge in [-0.1, -0.05) is 0 Å². The number of hydrogen-bond acceptors (Lipinski definition) is 10. The van der Waals surface area contributed by atoms with Crippen molar-refractivity contribution in [2.75, 3.05) is 19.8 Å². The molecule has 0 amide bonds. The molecule has 4 fully saturated rings. The Morgan fingerprint density at radius 1 is 1.10 bits per heavy atom. The van der Waals surface area contributed by atoms with Gasteiger partial charge in [-0.2, -0.15) is 17.2 Å². The van der Waals surface area contributed by atoms with E-state index in [0.29, 0.717) is 11.8 Å². The van der Waals surface area contributed by atoms with Crippen LogP contribution in [-0.4, -0.2) is 83.1 Å². The lowest BCUT2D eigenvalue weighted by Gasteiger charge is -2.59. The number of carbonyl (C=O) groups excluding carboxylic acids is 2. The van der Waals surface area contributed by atoms with E-state index in [1.54, 1.807) is 6.92 Å². The molecule has 3 atom stereocenters. The zero-order valence-electron chi connectivity index (χ0n) is 23.5. The highest BCUT2D eigenvalue weighted by molar-refractivity contribution is 7.87. The number of rotatable bonds is 12. The molecule has 4 saturated carbocycles. The van der Waals surface area contributed by atoms with Crippen molar-refractivity contribution in [1.82, 2.24) is 0 Å².